The predicted octanol–water partition coefficient (Wildman–Crippen LogP) is 4.79. The van der Waals surface area contributed by atoms with Crippen LogP contribution in [0.2, 0.25) is 0 Å². The van der Waals surface area contributed by atoms with Crippen LogP contribution < -0.4 is 4.74 Å². The van der Waals surface area contributed by atoms with Crippen LogP contribution in [0, 0.1) is 18.3 Å². The van der Waals surface area contributed by atoms with E-state index in [9.17, 15) is 10.1 Å². The van der Waals surface area contributed by atoms with Crippen LogP contribution in [-0.4, -0.2) is 23.1 Å². The zero-order valence-corrected chi connectivity index (χ0v) is 15.5. The zero-order valence-electron chi connectivity index (χ0n) is 14.7. The molecule has 0 saturated carbocycles. The molecule has 26 heavy (non-hydrogen) atoms. The third kappa shape index (κ3) is 4.04. The summed E-state index contributed by atoms with van der Waals surface area (Å²) >= 11 is 1.29. The Balaban J connectivity index is 1.84. The van der Waals surface area contributed by atoms with E-state index in [4.69, 9.17) is 4.74 Å². The standard InChI is InChI=1S/C21H18N2O2S/c1-3-25-18-9-8-16-10-17(12-22)21(23-19(16)11-18)26-13-20(24)15-6-4-14(2)5-7-15/h4-11H,3,13H2,1-2H3. The van der Waals surface area contributed by atoms with Crippen LogP contribution in [0.5, 0.6) is 5.75 Å². The average Bonchev–Trinajstić information content (AvgIpc) is 2.66. The number of hydrogen-bond donors (Lipinski definition) is 0. The number of nitriles is 1. The number of rotatable bonds is 6. The van der Waals surface area contributed by atoms with Crippen LogP contribution >= 0.6 is 11.8 Å². The maximum absolute atomic E-state index is 12.4. The van der Waals surface area contributed by atoms with Crippen LogP contribution in [0.15, 0.2) is 53.6 Å². The Morgan fingerprint density at radius 2 is 1.96 bits per heavy atom. The highest BCUT2D eigenvalue weighted by molar-refractivity contribution is 8.00. The number of hydrogen-bond acceptors (Lipinski definition) is 5. The highest BCUT2D eigenvalue weighted by Gasteiger charge is 2.12. The van der Waals surface area contributed by atoms with Crippen molar-refractivity contribution in [3.8, 4) is 11.8 Å². The van der Waals surface area contributed by atoms with E-state index in [1.165, 1.54) is 11.8 Å². The maximum atomic E-state index is 12.4. The third-order valence-electron chi connectivity index (χ3n) is 3.90. The Bertz CT molecular complexity index is 991. The maximum Gasteiger partial charge on any atom is 0.173 e. The Morgan fingerprint density at radius 1 is 1.19 bits per heavy atom. The number of ketones is 1. The number of aromatic nitrogens is 1. The molecule has 0 unspecified atom stereocenters. The normalized spacial score (nSPS) is 10.5. The summed E-state index contributed by atoms with van der Waals surface area (Å²) in [6, 6.07) is 17.1. The molecule has 1 heterocycles. The smallest absolute Gasteiger partial charge is 0.173 e. The van der Waals surface area contributed by atoms with Crippen molar-refractivity contribution in [2.45, 2.75) is 18.9 Å². The van der Waals surface area contributed by atoms with Crippen LogP contribution in [0.3, 0.4) is 0 Å². The summed E-state index contributed by atoms with van der Waals surface area (Å²) in [5.74, 6) is 0.995. The minimum absolute atomic E-state index is 0.0175. The molecule has 3 rings (SSSR count). The van der Waals surface area contributed by atoms with E-state index in [1.807, 2.05) is 56.3 Å². The fourth-order valence-electron chi connectivity index (χ4n) is 2.53. The van der Waals surface area contributed by atoms with Crippen LogP contribution in [0.1, 0.15) is 28.4 Å². The first-order chi connectivity index (χ1) is 12.6. The molecule has 0 bridgehead atoms. The van der Waals surface area contributed by atoms with Crippen molar-refractivity contribution in [3.63, 3.8) is 0 Å². The Hall–Kier alpha value is -2.84. The molecule has 130 valence electrons. The summed E-state index contributed by atoms with van der Waals surface area (Å²) in [6.07, 6.45) is 0. The number of fused-ring (bicyclic) bond motifs is 1. The summed E-state index contributed by atoms with van der Waals surface area (Å²) in [5.41, 5.74) is 3.01. The summed E-state index contributed by atoms with van der Waals surface area (Å²) in [6.45, 7) is 4.49. The monoisotopic (exact) mass is 362 g/mol. The fraction of sp³-hybridized carbons (Fsp3) is 0.190. The molecular formula is C21H18N2O2S. The van der Waals surface area contributed by atoms with E-state index >= 15 is 0 Å². The molecule has 2 aromatic carbocycles. The summed E-state index contributed by atoms with van der Waals surface area (Å²) in [7, 11) is 0. The number of ether oxygens (including phenoxy) is 1. The molecule has 0 N–H and O–H groups in total. The van der Waals surface area contributed by atoms with E-state index in [0.29, 0.717) is 22.8 Å². The van der Waals surface area contributed by atoms with E-state index in [1.54, 1.807) is 6.07 Å². The summed E-state index contributed by atoms with van der Waals surface area (Å²) in [4.78, 5) is 17.0. The van der Waals surface area contributed by atoms with Gasteiger partial charge in [-0.1, -0.05) is 41.6 Å². The number of carbonyl (C=O) groups is 1. The lowest BCUT2D eigenvalue weighted by molar-refractivity contribution is 0.102. The first-order valence-electron chi connectivity index (χ1n) is 8.31. The topological polar surface area (TPSA) is 63.0 Å². The third-order valence-corrected chi connectivity index (χ3v) is 4.89. The van der Waals surface area contributed by atoms with Crippen LogP contribution in [0.4, 0.5) is 0 Å². The first-order valence-corrected chi connectivity index (χ1v) is 9.29. The van der Waals surface area contributed by atoms with Gasteiger partial charge in [-0.15, -0.1) is 0 Å². The van der Waals surface area contributed by atoms with Gasteiger partial charge >= 0.3 is 0 Å². The van der Waals surface area contributed by atoms with E-state index in [2.05, 4.69) is 11.1 Å². The average molecular weight is 362 g/mol. The molecule has 0 saturated heterocycles. The van der Waals surface area contributed by atoms with Gasteiger partial charge in [-0.25, -0.2) is 4.98 Å². The second kappa shape index (κ2) is 8.03. The molecule has 0 aliphatic rings. The number of benzene rings is 2. The van der Waals surface area contributed by atoms with Crippen LogP contribution in [-0.2, 0) is 0 Å². The lowest BCUT2D eigenvalue weighted by Gasteiger charge is -2.08. The fourth-order valence-corrected chi connectivity index (χ4v) is 3.39. The van der Waals surface area contributed by atoms with Gasteiger partial charge in [-0.3, -0.25) is 4.79 Å². The van der Waals surface area contributed by atoms with Crippen molar-refractivity contribution in [1.29, 1.82) is 5.26 Å². The largest absolute Gasteiger partial charge is 0.494 e. The molecular weight excluding hydrogens is 344 g/mol. The Labute approximate surface area is 156 Å². The Morgan fingerprint density at radius 3 is 2.65 bits per heavy atom. The molecule has 0 fully saturated rings. The van der Waals surface area contributed by atoms with Crippen molar-refractivity contribution >= 4 is 28.4 Å². The predicted molar refractivity (Wildman–Crippen MR) is 104 cm³/mol. The number of Topliss-reactive ketones (excluding diaryl/α,β-unsaturated/α-hetero) is 1. The molecule has 5 heteroatoms. The molecule has 4 nitrogen and oxygen atoms in total. The van der Waals surface area contributed by atoms with E-state index in [-0.39, 0.29) is 11.5 Å². The van der Waals surface area contributed by atoms with Gasteiger partial charge in [0.15, 0.2) is 5.78 Å². The SMILES string of the molecule is CCOc1ccc2cc(C#N)c(SCC(=O)c3ccc(C)cc3)nc2c1. The van der Waals surface area contributed by atoms with Gasteiger partial charge in [0.05, 0.1) is 23.4 Å². The minimum atomic E-state index is 0.0175. The van der Waals surface area contributed by atoms with Gasteiger partial charge in [0.1, 0.15) is 16.8 Å². The molecule has 0 aliphatic carbocycles. The minimum Gasteiger partial charge on any atom is -0.494 e. The van der Waals surface area contributed by atoms with E-state index < -0.39 is 0 Å². The van der Waals surface area contributed by atoms with Gasteiger partial charge in [0.25, 0.3) is 0 Å². The van der Waals surface area contributed by atoms with Crippen molar-refractivity contribution in [1.82, 2.24) is 4.98 Å². The van der Waals surface area contributed by atoms with Gasteiger partial charge in [0.2, 0.25) is 0 Å². The zero-order chi connectivity index (χ0) is 18.5. The molecule has 0 amide bonds. The van der Waals surface area contributed by atoms with Crippen molar-refractivity contribution < 1.29 is 9.53 Å². The quantitative estimate of drug-likeness (QED) is 0.466. The lowest BCUT2D eigenvalue weighted by Crippen LogP contribution is -2.03. The van der Waals surface area contributed by atoms with E-state index in [0.717, 1.165) is 22.2 Å². The molecule has 0 radical (unpaired) electrons. The van der Waals surface area contributed by atoms with Gasteiger partial charge in [-0.2, -0.15) is 5.26 Å². The summed E-state index contributed by atoms with van der Waals surface area (Å²) < 4.78 is 5.51. The molecule has 0 aliphatic heterocycles. The van der Waals surface area contributed by atoms with Crippen molar-refractivity contribution in [3.05, 3.63) is 65.2 Å². The number of aryl methyl sites for hydroxylation is 1. The number of thioether (sulfide) groups is 1. The van der Waals surface area contributed by atoms with Crippen molar-refractivity contribution in [2.75, 3.05) is 12.4 Å². The molecule has 3 aromatic rings. The Kier molecular flexibility index (Phi) is 5.55. The van der Waals surface area contributed by atoms with Crippen LogP contribution in [0.25, 0.3) is 10.9 Å². The molecule has 1 aromatic heterocycles. The number of carbonyl (C=O) groups excluding carboxylic acids is 1. The summed E-state index contributed by atoms with van der Waals surface area (Å²) in [5, 5.41) is 10.9. The van der Waals surface area contributed by atoms with Gasteiger partial charge in [-0.05, 0) is 32.0 Å². The van der Waals surface area contributed by atoms with Gasteiger partial charge in [0, 0.05) is 17.0 Å². The highest BCUT2D eigenvalue weighted by atomic mass is 32.2. The lowest BCUT2D eigenvalue weighted by atomic mass is 10.1. The van der Waals surface area contributed by atoms with Gasteiger partial charge < -0.3 is 4.74 Å². The molecule has 0 spiro atoms. The highest BCUT2D eigenvalue weighted by Crippen LogP contribution is 2.27. The first kappa shape index (κ1) is 18.0. The second-order valence-electron chi connectivity index (χ2n) is 5.82. The second-order valence-corrected chi connectivity index (χ2v) is 6.78. The molecule has 0 atom stereocenters. The number of pyridine rings is 1. The van der Waals surface area contributed by atoms with Crippen molar-refractivity contribution in [2.24, 2.45) is 0 Å². The number of nitrogens with zero attached hydrogens (tertiary/aromatic N) is 2.